The van der Waals surface area contributed by atoms with Crippen LogP contribution in [0.25, 0.3) is 5.53 Å². The fourth-order valence-electron chi connectivity index (χ4n) is 2.57. The molecule has 0 aromatic heterocycles. The van der Waals surface area contributed by atoms with Gasteiger partial charge >= 0.3 is 11.7 Å². The zero-order chi connectivity index (χ0) is 16.7. The largest absolute Gasteiger partial charge is 0.460 e. The van der Waals surface area contributed by atoms with Crippen LogP contribution in [0.15, 0.2) is 24.3 Å². The van der Waals surface area contributed by atoms with Crippen molar-refractivity contribution in [1.29, 1.82) is 0 Å². The molecule has 0 radical (unpaired) electrons. The van der Waals surface area contributed by atoms with Crippen LogP contribution >= 0.6 is 0 Å². The van der Waals surface area contributed by atoms with Crippen LogP contribution in [-0.2, 0) is 16.1 Å². The SMILES string of the molecule is C#CCN1CCN(Cc2ccc(C(=[N+]=[N-])C(=O)OC)cc2)CC1. The maximum absolute atomic E-state index is 11.5. The van der Waals surface area contributed by atoms with Crippen molar-refractivity contribution >= 4 is 11.7 Å². The highest BCUT2D eigenvalue weighted by atomic mass is 16.5. The van der Waals surface area contributed by atoms with Crippen molar-refractivity contribution in [3.05, 3.63) is 40.9 Å². The van der Waals surface area contributed by atoms with Gasteiger partial charge in [0.2, 0.25) is 0 Å². The van der Waals surface area contributed by atoms with E-state index in [1.54, 1.807) is 12.1 Å². The summed E-state index contributed by atoms with van der Waals surface area (Å²) in [5, 5.41) is 0. The van der Waals surface area contributed by atoms with Crippen LogP contribution in [0.4, 0.5) is 0 Å². The first-order valence-electron chi connectivity index (χ1n) is 7.45. The van der Waals surface area contributed by atoms with E-state index in [9.17, 15) is 4.79 Å². The van der Waals surface area contributed by atoms with Crippen molar-refractivity contribution < 1.29 is 14.3 Å². The number of esters is 1. The maximum Gasteiger partial charge on any atom is 0.422 e. The van der Waals surface area contributed by atoms with Crippen molar-refractivity contribution in [3.8, 4) is 12.3 Å². The number of hydrogen-bond donors (Lipinski definition) is 0. The standard InChI is InChI=1S/C17H20N4O2/c1-3-8-20-9-11-21(12-10-20)13-14-4-6-15(7-5-14)16(19-18)17(22)23-2/h1,4-7H,8-13H2,2H3. The molecule has 0 saturated carbocycles. The molecular weight excluding hydrogens is 292 g/mol. The van der Waals surface area contributed by atoms with Crippen LogP contribution in [0.2, 0.25) is 0 Å². The van der Waals surface area contributed by atoms with Crippen molar-refractivity contribution in [1.82, 2.24) is 9.80 Å². The molecule has 6 heteroatoms. The van der Waals surface area contributed by atoms with Gasteiger partial charge in [-0.2, -0.15) is 4.79 Å². The highest BCUT2D eigenvalue weighted by Gasteiger charge is 2.23. The summed E-state index contributed by atoms with van der Waals surface area (Å²) in [6.45, 7) is 5.47. The summed E-state index contributed by atoms with van der Waals surface area (Å²) in [5.74, 6) is 2.01. The summed E-state index contributed by atoms with van der Waals surface area (Å²) in [6, 6.07) is 7.38. The van der Waals surface area contributed by atoms with Crippen LogP contribution in [0.5, 0.6) is 0 Å². The van der Waals surface area contributed by atoms with E-state index in [1.165, 1.54) is 7.11 Å². The zero-order valence-electron chi connectivity index (χ0n) is 13.2. The smallest absolute Gasteiger partial charge is 0.422 e. The maximum atomic E-state index is 11.5. The van der Waals surface area contributed by atoms with Gasteiger partial charge < -0.3 is 10.3 Å². The highest BCUT2D eigenvalue weighted by molar-refractivity contribution is 6.40. The second-order valence-electron chi connectivity index (χ2n) is 5.39. The fraction of sp³-hybridized carbons (Fsp3) is 0.412. The first-order valence-corrected chi connectivity index (χ1v) is 7.45. The predicted octanol–water partition coefficient (Wildman–Crippen LogP) is 0.629. The molecule has 23 heavy (non-hydrogen) atoms. The van der Waals surface area contributed by atoms with E-state index in [4.69, 9.17) is 12.0 Å². The van der Waals surface area contributed by atoms with Gasteiger partial charge in [0, 0.05) is 32.7 Å². The van der Waals surface area contributed by atoms with E-state index in [1.807, 2.05) is 12.1 Å². The van der Waals surface area contributed by atoms with E-state index in [-0.39, 0.29) is 5.71 Å². The molecule has 0 aliphatic carbocycles. The highest BCUT2D eigenvalue weighted by Crippen LogP contribution is 2.11. The van der Waals surface area contributed by atoms with E-state index in [2.05, 4.69) is 25.2 Å². The molecule has 1 aliphatic heterocycles. The molecule has 0 bridgehead atoms. The number of methoxy groups -OCH3 is 1. The number of ether oxygens (including phenoxy) is 1. The van der Waals surface area contributed by atoms with Gasteiger partial charge in [-0.05, 0) is 17.7 Å². The first kappa shape index (κ1) is 16.9. The molecule has 6 nitrogen and oxygen atoms in total. The third-order valence-corrected chi connectivity index (χ3v) is 3.89. The molecule has 0 N–H and O–H groups in total. The molecule has 1 fully saturated rings. The van der Waals surface area contributed by atoms with Gasteiger partial charge in [0.1, 0.15) is 0 Å². The lowest BCUT2D eigenvalue weighted by Crippen LogP contribution is -2.45. The summed E-state index contributed by atoms with van der Waals surface area (Å²) < 4.78 is 4.58. The van der Waals surface area contributed by atoms with Crippen molar-refractivity contribution in [2.45, 2.75) is 6.54 Å². The Kier molecular flexibility index (Phi) is 6.07. The molecular formula is C17H20N4O2. The average Bonchev–Trinajstić information content (AvgIpc) is 2.59. The van der Waals surface area contributed by atoms with E-state index in [0.717, 1.165) is 38.3 Å². The Morgan fingerprint density at radius 3 is 2.39 bits per heavy atom. The number of carbonyl (C=O) groups excluding carboxylic acids is 1. The van der Waals surface area contributed by atoms with E-state index >= 15 is 0 Å². The topological polar surface area (TPSA) is 69.2 Å². The Balaban J connectivity index is 1.95. The van der Waals surface area contributed by atoms with Gasteiger partial charge in [0.05, 0.1) is 19.2 Å². The summed E-state index contributed by atoms with van der Waals surface area (Å²) >= 11 is 0. The number of carbonyl (C=O) groups is 1. The lowest BCUT2D eigenvalue weighted by atomic mass is 10.1. The van der Waals surface area contributed by atoms with Gasteiger partial charge in [-0.25, -0.2) is 4.79 Å². The predicted molar refractivity (Wildman–Crippen MR) is 86.7 cm³/mol. The number of rotatable bonds is 5. The van der Waals surface area contributed by atoms with E-state index < -0.39 is 5.97 Å². The Bertz CT molecular complexity index is 634. The molecule has 0 amide bonds. The molecule has 1 aromatic carbocycles. The second kappa shape index (κ2) is 8.25. The van der Waals surface area contributed by atoms with Gasteiger partial charge in [-0.15, -0.1) is 6.42 Å². The Hall–Kier alpha value is -2.45. The normalized spacial score (nSPS) is 15.5. The van der Waals surface area contributed by atoms with Gasteiger partial charge in [-0.3, -0.25) is 9.80 Å². The molecule has 0 atom stereocenters. The number of nitrogens with zero attached hydrogens (tertiary/aromatic N) is 4. The first-order chi connectivity index (χ1) is 11.2. The molecule has 0 spiro atoms. The number of benzene rings is 1. The van der Waals surface area contributed by atoms with Gasteiger partial charge in [0.15, 0.2) is 0 Å². The van der Waals surface area contributed by atoms with Crippen molar-refractivity contribution in [3.63, 3.8) is 0 Å². The van der Waals surface area contributed by atoms with Crippen LogP contribution < -0.4 is 0 Å². The quantitative estimate of drug-likeness (QED) is 0.263. The zero-order valence-corrected chi connectivity index (χ0v) is 13.2. The summed E-state index contributed by atoms with van der Waals surface area (Å²) in [5.41, 5.74) is 10.5. The minimum absolute atomic E-state index is 0.0954. The molecule has 1 aliphatic rings. The van der Waals surface area contributed by atoms with Gasteiger partial charge in [0.25, 0.3) is 0 Å². The van der Waals surface area contributed by atoms with Crippen LogP contribution in [-0.4, -0.2) is 66.1 Å². The average molecular weight is 312 g/mol. The summed E-state index contributed by atoms with van der Waals surface area (Å²) in [4.78, 5) is 19.1. The van der Waals surface area contributed by atoms with Crippen LogP contribution in [0, 0.1) is 12.3 Å². The van der Waals surface area contributed by atoms with Gasteiger partial charge in [-0.1, -0.05) is 18.1 Å². The minimum atomic E-state index is -0.662. The third-order valence-electron chi connectivity index (χ3n) is 3.89. The molecule has 1 aromatic rings. The second-order valence-corrected chi connectivity index (χ2v) is 5.39. The number of hydrogen-bond acceptors (Lipinski definition) is 4. The fourth-order valence-corrected chi connectivity index (χ4v) is 2.57. The lowest BCUT2D eigenvalue weighted by molar-refractivity contribution is -0.137. The molecule has 2 rings (SSSR count). The number of terminal acetylenes is 1. The summed E-state index contributed by atoms with van der Waals surface area (Å²) in [7, 11) is 1.25. The lowest BCUT2D eigenvalue weighted by Gasteiger charge is -2.33. The van der Waals surface area contributed by atoms with Crippen LogP contribution in [0.1, 0.15) is 11.1 Å². The van der Waals surface area contributed by atoms with E-state index in [0.29, 0.717) is 12.1 Å². The Morgan fingerprint density at radius 2 is 1.87 bits per heavy atom. The Labute approximate surface area is 136 Å². The molecule has 1 heterocycles. The Morgan fingerprint density at radius 1 is 1.26 bits per heavy atom. The number of piperazine rings is 1. The minimum Gasteiger partial charge on any atom is -0.460 e. The van der Waals surface area contributed by atoms with Crippen molar-refractivity contribution in [2.75, 3.05) is 39.8 Å². The monoisotopic (exact) mass is 312 g/mol. The molecule has 0 unspecified atom stereocenters. The third kappa shape index (κ3) is 4.51. The molecule has 120 valence electrons. The van der Waals surface area contributed by atoms with Crippen LogP contribution in [0.3, 0.4) is 0 Å². The van der Waals surface area contributed by atoms with Crippen molar-refractivity contribution in [2.24, 2.45) is 0 Å². The molecule has 1 saturated heterocycles. The summed E-state index contributed by atoms with van der Waals surface area (Å²) in [6.07, 6.45) is 5.33.